The lowest BCUT2D eigenvalue weighted by atomic mass is 10.1. The topological polar surface area (TPSA) is 123 Å². The summed E-state index contributed by atoms with van der Waals surface area (Å²) >= 11 is 0. The zero-order valence-corrected chi connectivity index (χ0v) is 17.5. The highest BCUT2D eigenvalue weighted by molar-refractivity contribution is 8.31. The molecule has 2 aliphatic heterocycles. The first kappa shape index (κ1) is 21.4. The van der Waals surface area contributed by atoms with Crippen LogP contribution in [0.4, 0.5) is 4.79 Å². The molecule has 1 aromatic rings. The largest absolute Gasteiger partial charge is 0.465 e. The molecule has 1 saturated heterocycles. The first-order chi connectivity index (χ1) is 13.5. The molecule has 2 heterocycles. The maximum absolute atomic E-state index is 13.1. The molecule has 0 atom stereocenters. The molecule has 9 nitrogen and oxygen atoms in total. The van der Waals surface area contributed by atoms with Crippen LogP contribution in [0.2, 0.25) is 0 Å². The molecular weight excluding hydrogens is 398 g/mol. The standard InChI is InChI=1S/C19H27N3O6S/c1-19(2,3)22-17(23)15(16(29(22,26)27)13-7-5-4-6-8-13)20-9-10-28-14-11-21(12-14)18(24)25/h4-8,14,20,26-27H,9-12H2,1-3H3,(H,24,25). The molecule has 3 rings (SSSR count). The number of rotatable bonds is 6. The van der Waals surface area contributed by atoms with Crippen molar-refractivity contribution in [3.05, 3.63) is 41.6 Å². The summed E-state index contributed by atoms with van der Waals surface area (Å²) < 4.78 is 28.7. The molecule has 4 N–H and O–H groups in total. The molecule has 0 aliphatic carbocycles. The Kier molecular flexibility index (Phi) is 5.81. The molecular formula is C19H27N3O6S. The number of hydrogen-bond acceptors (Lipinski definition) is 6. The minimum atomic E-state index is -3.51. The van der Waals surface area contributed by atoms with E-state index in [9.17, 15) is 18.7 Å². The third kappa shape index (κ3) is 4.20. The molecule has 1 fully saturated rings. The Morgan fingerprint density at radius 1 is 1.24 bits per heavy atom. The smallest absolute Gasteiger partial charge is 0.407 e. The average Bonchev–Trinajstić information content (AvgIpc) is 2.78. The molecule has 0 bridgehead atoms. The van der Waals surface area contributed by atoms with Crippen LogP contribution in [0.15, 0.2) is 36.0 Å². The Morgan fingerprint density at radius 3 is 2.41 bits per heavy atom. The van der Waals surface area contributed by atoms with Crippen molar-refractivity contribution < 1.29 is 28.5 Å². The van der Waals surface area contributed by atoms with Crippen LogP contribution >= 0.6 is 10.8 Å². The van der Waals surface area contributed by atoms with Gasteiger partial charge in [-0.15, -0.1) is 0 Å². The lowest BCUT2D eigenvalue weighted by Gasteiger charge is -2.45. The number of nitrogens with zero attached hydrogens (tertiary/aromatic N) is 2. The van der Waals surface area contributed by atoms with E-state index in [1.54, 1.807) is 45.0 Å². The molecule has 0 saturated carbocycles. The number of hydrogen-bond donors (Lipinski definition) is 4. The van der Waals surface area contributed by atoms with E-state index in [0.29, 0.717) is 18.7 Å². The second-order valence-electron chi connectivity index (χ2n) is 7.97. The number of carbonyl (C=O) groups excluding carboxylic acids is 1. The van der Waals surface area contributed by atoms with Crippen molar-refractivity contribution in [3.63, 3.8) is 0 Å². The van der Waals surface area contributed by atoms with E-state index in [2.05, 4.69) is 5.32 Å². The summed E-state index contributed by atoms with van der Waals surface area (Å²) in [5.41, 5.74) is -0.0788. The van der Waals surface area contributed by atoms with Gasteiger partial charge in [0.25, 0.3) is 5.91 Å². The number of carboxylic acid groups (broad SMARTS) is 1. The Morgan fingerprint density at radius 2 is 1.86 bits per heavy atom. The van der Waals surface area contributed by atoms with Crippen LogP contribution in [-0.4, -0.2) is 73.3 Å². The van der Waals surface area contributed by atoms with Crippen molar-refractivity contribution in [2.75, 3.05) is 26.2 Å². The maximum atomic E-state index is 13.1. The highest BCUT2D eigenvalue weighted by Gasteiger charge is 2.49. The molecule has 0 radical (unpaired) electrons. The summed E-state index contributed by atoms with van der Waals surface area (Å²) in [5.74, 6) is -0.475. The fourth-order valence-electron chi connectivity index (χ4n) is 3.38. The van der Waals surface area contributed by atoms with E-state index in [-0.39, 0.29) is 29.9 Å². The van der Waals surface area contributed by atoms with Crippen molar-refractivity contribution >= 4 is 27.7 Å². The monoisotopic (exact) mass is 425 g/mol. The van der Waals surface area contributed by atoms with Crippen molar-refractivity contribution in [1.82, 2.24) is 14.5 Å². The summed E-state index contributed by atoms with van der Waals surface area (Å²) in [6.07, 6.45) is -1.13. The Hall–Kier alpha value is -2.27. The van der Waals surface area contributed by atoms with Gasteiger partial charge >= 0.3 is 6.09 Å². The molecule has 0 spiro atoms. The molecule has 0 unspecified atom stereocenters. The van der Waals surface area contributed by atoms with Gasteiger partial charge in [-0.3, -0.25) is 13.9 Å². The predicted molar refractivity (Wildman–Crippen MR) is 110 cm³/mol. The van der Waals surface area contributed by atoms with E-state index < -0.39 is 28.3 Å². The number of carbonyl (C=O) groups is 2. The van der Waals surface area contributed by atoms with Gasteiger partial charge in [-0.2, -0.15) is 0 Å². The zero-order valence-electron chi connectivity index (χ0n) is 16.7. The molecule has 1 aromatic carbocycles. The normalized spacial score (nSPS) is 20.7. The SMILES string of the molecule is CC(C)(C)N1C(=O)C(NCCOC2CN(C(=O)O)C2)=C(c2ccccc2)S1(O)O. The Balaban J connectivity index is 1.74. The zero-order chi connectivity index (χ0) is 21.4. The van der Waals surface area contributed by atoms with Crippen LogP contribution < -0.4 is 5.32 Å². The predicted octanol–water partition coefficient (Wildman–Crippen LogP) is 2.63. The van der Waals surface area contributed by atoms with E-state index in [0.717, 1.165) is 4.31 Å². The first-order valence-electron chi connectivity index (χ1n) is 9.29. The third-order valence-corrected chi connectivity index (χ3v) is 6.89. The van der Waals surface area contributed by atoms with Crippen LogP contribution in [-0.2, 0) is 9.53 Å². The Labute approximate surface area is 171 Å². The highest BCUT2D eigenvalue weighted by atomic mass is 32.3. The second kappa shape index (κ2) is 7.86. The van der Waals surface area contributed by atoms with Crippen LogP contribution in [0.25, 0.3) is 4.91 Å². The summed E-state index contributed by atoms with van der Waals surface area (Å²) in [5, 5.41) is 11.8. The minimum absolute atomic E-state index is 0.149. The van der Waals surface area contributed by atoms with Gasteiger partial charge < -0.3 is 20.1 Å². The summed E-state index contributed by atoms with van der Waals surface area (Å²) in [6.45, 7) is 6.42. The van der Waals surface area contributed by atoms with Gasteiger partial charge in [0.2, 0.25) is 0 Å². The van der Waals surface area contributed by atoms with Gasteiger partial charge in [-0.1, -0.05) is 41.1 Å². The quantitative estimate of drug-likeness (QED) is 0.517. The van der Waals surface area contributed by atoms with Gasteiger partial charge in [0.05, 0.1) is 31.3 Å². The second-order valence-corrected chi connectivity index (χ2v) is 9.78. The average molecular weight is 426 g/mol. The van der Waals surface area contributed by atoms with Crippen molar-refractivity contribution in [2.24, 2.45) is 0 Å². The third-order valence-electron chi connectivity index (χ3n) is 4.68. The van der Waals surface area contributed by atoms with Crippen molar-refractivity contribution in [3.8, 4) is 0 Å². The molecule has 2 amide bonds. The summed E-state index contributed by atoms with van der Waals surface area (Å²) in [7, 11) is -3.51. The van der Waals surface area contributed by atoms with Crippen LogP contribution in [0.3, 0.4) is 0 Å². The van der Waals surface area contributed by atoms with Gasteiger partial charge in [-0.05, 0) is 20.8 Å². The molecule has 10 heteroatoms. The maximum Gasteiger partial charge on any atom is 0.407 e. The fourth-order valence-corrected chi connectivity index (χ4v) is 5.53. The van der Waals surface area contributed by atoms with E-state index in [4.69, 9.17) is 9.84 Å². The number of benzene rings is 1. The van der Waals surface area contributed by atoms with Crippen LogP contribution in [0, 0.1) is 0 Å². The van der Waals surface area contributed by atoms with Crippen LogP contribution in [0.1, 0.15) is 26.3 Å². The van der Waals surface area contributed by atoms with E-state index >= 15 is 0 Å². The lowest BCUT2D eigenvalue weighted by molar-refractivity contribution is -0.125. The number of likely N-dealkylation sites (tertiary alicyclic amines) is 1. The van der Waals surface area contributed by atoms with Crippen LogP contribution in [0.5, 0.6) is 0 Å². The number of amides is 2. The fraction of sp³-hybridized carbons (Fsp3) is 0.474. The number of nitrogens with one attached hydrogen (secondary N) is 1. The minimum Gasteiger partial charge on any atom is -0.465 e. The van der Waals surface area contributed by atoms with E-state index in [1.807, 2.05) is 6.07 Å². The lowest BCUT2D eigenvalue weighted by Crippen LogP contribution is -2.54. The summed E-state index contributed by atoms with van der Waals surface area (Å²) in [6, 6.07) is 8.82. The summed E-state index contributed by atoms with van der Waals surface area (Å²) in [4.78, 5) is 25.3. The molecule has 0 aromatic heterocycles. The molecule has 29 heavy (non-hydrogen) atoms. The van der Waals surface area contributed by atoms with Gasteiger partial charge in [0.15, 0.2) is 0 Å². The van der Waals surface area contributed by atoms with Gasteiger partial charge in [-0.25, -0.2) is 9.10 Å². The highest BCUT2D eigenvalue weighted by Crippen LogP contribution is 2.63. The first-order valence-corrected chi connectivity index (χ1v) is 10.8. The molecule has 2 aliphatic rings. The van der Waals surface area contributed by atoms with Crippen molar-refractivity contribution in [1.29, 1.82) is 0 Å². The van der Waals surface area contributed by atoms with Crippen molar-refractivity contribution in [2.45, 2.75) is 32.4 Å². The van der Waals surface area contributed by atoms with Gasteiger partial charge in [0, 0.05) is 12.1 Å². The Bertz CT molecular complexity index is 815. The molecule has 160 valence electrons. The van der Waals surface area contributed by atoms with Gasteiger partial charge in [0.1, 0.15) is 10.6 Å². The number of ether oxygens (including phenoxy) is 1. The van der Waals surface area contributed by atoms with E-state index in [1.165, 1.54) is 4.90 Å².